The maximum absolute atomic E-state index is 14.4. The second-order valence-corrected chi connectivity index (χ2v) is 15.8. The van der Waals surface area contributed by atoms with Crippen LogP contribution in [0.5, 0.6) is 17.2 Å². The van der Waals surface area contributed by atoms with Gasteiger partial charge in [0.15, 0.2) is 28.6 Å². The summed E-state index contributed by atoms with van der Waals surface area (Å²) in [4.78, 5) is 66.5. The number of anilines is 1. The number of Topliss-reactive ketones (excluding diaryl/α,β-unsaturated/α-hetero) is 2. The molecule has 0 saturated heterocycles. The first-order valence-electron chi connectivity index (χ1n) is 20.5. The number of amides is 3. The zero-order valence-corrected chi connectivity index (χ0v) is 35.0. The number of allylic oxidation sites excluding steroid dienone is 1. The van der Waals surface area contributed by atoms with Gasteiger partial charge in [-0.05, 0) is 52.8 Å². The van der Waals surface area contributed by atoms with Crippen LogP contribution in [0, 0.1) is 11.8 Å². The molecule has 0 bridgehead atoms. The molecule has 4 aromatic carbocycles. The Hall–Kier alpha value is -6.97. The Bertz CT molecular complexity index is 2500. The first-order chi connectivity index (χ1) is 30.3. The maximum atomic E-state index is 14.4. The van der Waals surface area contributed by atoms with Crippen LogP contribution in [0.15, 0.2) is 114 Å². The van der Waals surface area contributed by atoms with Crippen LogP contribution in [0.4, 0.5) is 5.69 Å². The van der Waals surface area contributed by atoms with Gasteiger partial charge in [0.1, 0.15) is 30.3 Å². The van der Waals surface area contributed by atoms with Gasteiger partial charge in [-0.1, -0.05) is 79.7 Å². The van der Waals surface area contributed by atoms with Crippen molar-refractivity contribution in [2.24, 2.45) is 17.6 Å². The van der Waals surface area contributed by atoms with Crippen molar-refractivity contribution in [2.45, 2.75) is 63.4 Å². The van der Waals surface area contributed by atoms with Gasteiger partial charge in [0.25, 0.3) is 5.91 Å². The zero-order chi connectivity index (χ0) is 45.0. The summed E-state index contributed by atoms with van der Waals surface area (Å²) < 4.78 is 23.7. The predicted octanol–water partition coefficient (Wildman–Crippen LogP) is 5.09. The molecule has 15 heteroatoms. The number of aliphatic hydroxyl groups is 2. The van der Waals surface area contributed by atoms with Crippen molar-refractivity contribution in [3.8, 4) is 17.2 Å². The number of aliphatic hydroxyl groups excluding tert-OH is 2. The van der Waals surface area contributed by atoms with Crippen LogP contribution >= 0.6 is 0 Å². The molecule has 3 aliphatic carbocycles. The van der Waals surface area contributed by atoms with E-state index >= 15 is 0 Å². The topological polar surface area (TPSA) is 233 Å². The van der Waals surface area contributed by atoms with Gasteiger partial charge in [-0.25, -0.2) is 0 Å². The monoisotopic (exact) mass is 859 g/mol. The lowest BCUT2D eigenvalue weighted by Crippen LogP contribution is -2.63. The van der Waals surface area contributed by atoms with E-state index in [9.17, 15) is 39.3 Å². The van der Waals surface area contributed by atoms with Crippen LogP contribution < -0.4 is 25.8 Å². The number of nitrogens with two attached hydrogens (primary N) is 1. The van der Waals surface area contributed by atoms with E-state index in [0.717, 1.165) is 23.8 Å². The lowest BCUT2D eigenvalue weighted by molar-refractivity contribution is -0.163. The molecule has 0 aliphatic heterocycles. The number of primary amides is 1. The largest absolute Gasteiger partial charge is 0.511 e. The number of phenolic OH excluding ortho intramolecular Hbond substituents is 1. The quantitative estimate of drug-likeness (QED) is 0.0639. The van der Waals surface area contributed by atoms with E-state index in [1.807, 2.05) is 78.9 Å². The molecule has 0 spiro atoms. The number of aromatic hydroxyl groups is 1. The Kier molecular flexibility index (Phi) is 13.0. The third-order valence-corrected chi connectivity index (χ3v) is 12.0. The first kappa shape index (κ1) is 44.1. The molecule has 7 rings (SSSR count). The van der Waals surface area contributed by atoms with Gasteiger partial charge in [0, 0.05) is 50.3 Å². The van der Waals surface area contributed by atoms with Gasteiger partial charge >= 0.3 is 0 Å². The highest BCUT2D eigenvalue weighted by atomic mass is 16.5. The number of carbonyl (C=O) groups is 5. The van der Waals surface area contributed by atoms with E-state index in [0.29, 0.717) is 36.7 Å². The molecule has 3 aliphatic rings. The van der Waals surface area contributed by atoms with Crippen LogP contribution in [-0.2, 0) is 48.3 Å². The fourth-order valence-corrected chi connectivity index (χ4v) is 8.94. The summed E-state index contributed by atoms with van der Waals surface area (Å²) in [7, 11) is 2.35. The Morgan fingerprint density at radius 1 is 0.825 bits per heavy atom. The average molecular weight is 860 g/mol. The van der Waals surface area contributed by atoms with Crippen LogP contribution in [0.3, 0.4) is 0 Å². The minimum atomic E-state index is -2.20. The molecule has 0 heterocycles. The summed E-state index contributed by atoms with van der Waals surface area (Å²) >= 11 is 0. The first-order valence-corrected chi connectivity index (χ1v) is 20.5. The molecule has 0 fully saturated rings. The fraction of sp³-hybridized carbons (Fsp3) is 0.312. The van der Waals surface area contributed by atoms with Crippen LogP contribution in [0.1, 0.15) is 64.7 Å². The summed E-state index contributed by atoms with van der Waals surface area (Å²) in [6.45, 7) is 2.69. The molecule has 328 valence electrons. The second-order valence-electron chi connectivity index (χ2n) is 15.8. The van der Waals surface area contributed by atoms with Gasteiger partial charge in [-0.15, -0.1) is 0 Å². The van der Waals surface area contributed by atoms with Gasteiger partial charge in [0.2, 0.25) is 17.6 Å². The summed E-state index contributed by atoms with van der Waals surface area (Å²) in [6, 6.07) is 28.1. The molecule has 7 N–H and O–H groups in total. The smallest absolute Gasteiger partial charge is 0.255 e. The van der Waals surface area contributed by atoms with Crippen LogP contribution in [0.2, 0.25) is 0 Å². The number of fused-ring (bicyclic) bond motifs is 3. The Balaban J connectivity index is 0.998. The Morgan fingerprint density at radius 3 is 2.08 bits per heavy atom. The number of hydrogen-bond donors (Lipinski definition) is 6. The normalized spacial score (nSPS) is 21.5. The van der Waals surface area contributed by atoms with Crippen molar-refractivity contribution >= 4 is 35.0 Å². The SMILES string of the molecule is COC1=C2C(=O)c3c(ccc(NC(=O)CCC(=O)NCCc4ccc(OCc5ccccc5)c(OCc5ccccc5)c4)c3O)[C@H](C)C2[C@H](O)C2CC(O)=C(C(N)=O)C(=O)[C@@]12OC. The predicted molar refractivity (Wildman–Crippen MR) is 229 cm³/mol. The highest BCUT2D eigenvalue weighted by Gasteiger charge is 2.65. The molecule has 0 radical (unpaired) electrons. The van der Waals surface area contributed by atoms with Crippen molar-refractivity contribution in [3.63, 3.8) is 0 Å². The highest BCUT2D eigenvalue weighted by Crippen LogP contribution is 2.57. The Labute approximate surface area is 363 Å². The number of phenols is 1. The molecule has 5 atom stereocenters. The minimum Gasteiger partial charge on any atom is -0.511 e. The Morgan fingerprint density at radius 2 is 1.46 bits per heavy atom. The lowest BCUT2D eigenvalue weighted by atomic mass is 9.56. The maximum Gasteiger partial charge on any atom is 0.255 e. The molecule has 15 nitrogen and oxygen atoms in total. The van der Waals surface area contributed by atoms with Gasteiger partial charge in [-0.3, -0.25) is 24.0 Å². The standard InChI is InChI=1S/C48H49N3O12/c1-26-30-15-16-32(43(56)39(30)44(57)41-38(26)42(55)31-23-33(52)40(47(49)59)45(58)48(31,61-3)46(41)60-2)51-37(54)19-18-36(53)50-21-20-27-14-17-34(62-24-28-10-6-4-7-11-28)35(22-27)63-25-29-12-8-5-9-13-29/h4-17,22,26,31,38,42,52,55-56H,18-21,23-25H2,1-3H3,(H2,49,59)(H,50,53)(H,51,54)/t26-,31?,38?,42+,48+/m0/s1. The fourth-order valence-electron chi connectivity index (χ4n) is 8.94. The lowest BCUT2D eigenvalue weighted by Gasteiger charge is -2.52. The van der Waals surface area contributed by atoms with E-state index in [4.69, 9.17) is 24.7 Å². The number of benzene rings is 4. The van der Waals surface area contributed by atoms with E-state index in [1.54, 1.807) is 13.0 Å². The summed E-state index contributed by atoms with van der Waals surface area (Å²) in [6.07, 6.45) is -1.77. The van der Waals surface area contributed by atoms with Crippen molar-refractivity contribution in [2.75, 3.05) is 26.1 Å². The zero-order valence-electron chi connectivity index (χ0n) is 35.0. The molecular formula is C48H49N3O12. The number of nitrogens with one attached hydrogen (secondary N) is 2. The van der Waals surface area contributed by atoms with E-state index < -0.39 is 69.9 Å². The number of carbonyl (C=O) groups excluding carboxylic acids is 5. The van der Waals surface area contributed by atoms with Crippen molar-refractivity contribution < 1.29 is 58.2 Å². The van der Waals surface area contributed by atoms with Crippen LogP contribution in [0.25, 0.3) is 0 Å². The van der Waals surface area contributed by atoms with Crippen molar-refractivity contribution in [1.29, 1.82) is 0 Å². The van der Waals surface area contributed by atoms with E-state index in [-0.39, 0.29) is 54.3 Å². The molecular weight excluding hydrogens is 811 g/mol. The molecule has 2 unspecified atom stereocenters. The third kappa shape index (κ3) is 8.49. The van der Waals surface area contributed by atoms with Crippen LogP contribution in [-0.4, -0.2) is 77.1 Å². The van der Waals surface area contributed by atoms with Crippen molar-refractivity contribution in [3.05, 3.63) is 141 Å². The number of ketones is 2. The highest BCUT2D eigenvalue weighted by molar-refractivity contribution is 6.25. The molecule has 63 heavy (non-hydrogen) atoms. The molecule has 3 amide bonds. The third-order valence-electron chi connectivity index (χ3n) is 12.0. The van der Waals surface area contributed by atoms with E-state index in [1.165, 1.54) is 13.2 Å². The average Bonchev–Trinajstić information content (AvgIpc) is 3.27. The number of hydrogen-bond acceptors (Lipinski definition) is 12. The van der Waals surface area contributed by atoms with Gasteiger partial charge in [0.05, 0.1) is 24.5 Å². The number of ether oxygens (including phenoxy) is 4. The number of methoxy groups -OCH3 is 2. The summed E-state index contributed by atoms with van der Waals surface area (Å²) in [5, 5.41) is 39.4. The minimum absolute atomic E-state index is 0.104. The van der Waals surface area contributed by atoms with Gasteiger partial charge < -0.3 is 50.6 Å². The summed E-state index contributed by atoms with van der Waals surface area (Å²) in [5.41, 5.74) is 5.29. The molecule has 4 aromatic rings. The second kappa shape index (κ2) is 18.6. The van der Waals surface area contributed by atoms with Crippen molar-refractivity contribution in [1.82, 2.24) is 5.32 Å². The number of rotatable bonds is 16. The molecule has 0 saturated carbocycles. The van der Waals surface area contributed by atoms with Gasteiger partial charge in [-0.2, -0.15) is 0 Å². The van der Waals surface area contributed by atoms with E-state index in [2.05, 4.69) is 10.6 Å². The molecule has 0 aromatic heterocycles. The summed E-state index contributed by atoms with van der Waals surface area (Å²) in [5.74, 6) is -7.20.